The number of likely N-dealkylation sites (N-methyl/N-ethyl adjacent to an activating group) is 1. The van der Waals surface area contributed by atoms with Gasteiger partial charge in [-0.1, -0.05) is 23.7 Å². The number of benzene rings is 3. The number of carbonyl (C=O) groups excluding carboxylic acids is 2. The maximum atomic E-state index is 13.9. The first-order valence-electron chi connectivity index (χ1n) is 17.5. The molecule has 1 saturated heterocycles. The number of hydrogen-bond donors (Lipinski definition) is 2. The van der Waals surface area contributed by atoms with E-state index in [4.69, 9.17) is 38.6 Å². The van der Waals surface area contributed by atoms with Gasteiger partial charge in [-0.2, -0.15) is 8.42 Å². The van der Waals surface area contributed by atoms with E-state index in [1.54, 1.807) is 7.11 Å². The van der Waals surface area contributed by atoms with Crippen molar-refractivity contribution >= 4 is 45.2 Å². The van der Waals surface area contributed by atoms with E-state index in [-0.39, 0.29) is 30.4 Å². The van der Waals surface area contributed by atoms with E-state index in [0.29, 0.717) is 35.0 Å². The number of fused-ring (bicyclic) bond motifs is 1. The summed E-state index contributed by atoms with van der Waals surface area (Å²) in [7, 11) is 1.02. The number of nitrogens with zero attached hydrogens (tertiary/aromatic N) is 4. The highest BCUT2D eigenvalue weighted by Crippen LogP contribution is 2.44. The van der Waals surface area contributed by atoms with Crippen molar-refractivity contribution in [3.05, 3.63) is 82.4 Å². The molecule has 2 aliphatic heterocycles. The summed E-state index contributed by atoms with van der Waals surface area (Å²) in [6, 6.07) is 20.3. The lowest BCUT2D eigenvalue weighted by molar-refractivity contribution is -0.135. The van der Waals surface area contributed by atoms with Gasteiger partial charge in [0, 0.05) is 56.2 Å². The number of methoxy groups -OCH3 is 1. The van der Waals surface area contributed by atoms with Crippen LogP contribution in [0.2, 0.25) is 5.02 Å². The van der Waals surface area contributed by atoms with Gasteiger partial charge in [0.25, 0.3) is 0 Å². The molecule has 0 bridgehead atoms. The monoisotopic (exact) mass is 756 g/mol. The third kappa shape index (κ3) is 9.95. The molecule has 3 aliphatic rings. The number of anilines is 2. The fraction of sp³-hybridized carbons (Fsp3) is 0.474. The molecule has 12 nitrogen and oxygen atoms in total. The first kappa shape index (κ1) is 39.3. The van der Waals surface area contributed by atoms with Crippen molar-refractivity contribution in [1.82, 2.24) is 9.80 Å². The number of hydrogen-bond acceptors (Lipinski definition) is 8. The summed E-state index contributed by atoms with van der Waals surface area (Å²) < 4.78 is 43.4. The Labute approximate surface area is 311 Å². The van der Waals surface area contributed by atoms with Crippen LogP contribution in [-0.2, 0) is 26.4 Å². The van der Waals surface area contributed by atoms with Crippen molar-refractivity contribution in [2.45, 2.75) is 64.1 Å². The van der Waals surface area contributed by atoms with E-state index in [2.05, 4.69) is 41.1 Å². The van der Waals surface area contributed by atoms with Gasteiger partial charge in [-0.15, -0.1) is 0 Å². The van der Waals surface area contributed by atoms with Gasteiger partial charge in [-0.25, -0.2) is 0 Å². The van der Waals surface area contributed by atoms with Crippen LogP contribution in [0.4, 0.5) is 11.4 Å². The fourth-order valence-corrected chi connectivity index (χ4v) is 7.60. The minimum absolute atomic E-state index is 0.0249. The van der Waals surface area contributed by atoms with E-state index in [9.17, 15) is 9.59 Å². The fourth-order valence-electron chi connectivity index (χ4n) is 7.47. The average Bonchev–Trinajstić information content (AvgIpc) is 3.09. The Hall–Kier alpha value is -3.88. The van der Waals surface area contributed by atoms with Crippen molar-refractivity contribution in [2.24, 2.45) is 5.92 Å². The third-order valence-corrected chi connectivity index (χ3v) is 10.3. The Kier molecular flexibility index (Phi) is 12.7. The smallest absolute Gasteiger partial charge is 0.394 e. The second kappa shape index (κ2) is 16.9. The van der Waals surface area contributed by atoms with Gasteiger partial charge < -0.3 is 24.2 Å². The Balaban J connectivity index is 0.000000979. The summed E-state index contributed by atoms with van der Waals surface area (Å²) in [4.78, 5) is 34.6. The molecule has 0 unspecified atom stereocenters. The average molecular weight is 757 g/mol. The molecule has 0 radical (unpaired) electrons. The molecule has 0 aromatic heterocycles. The highest BCUT2D eigenvalue weighted by Gasteiger charge is 2.36. The molecular weight excluding hydrogens is 708 g/mol. The molecule has 3 aromatic carbocycles. The van der Waals surface area contributed by atoms with Crippen molar-refractivity contribution in [1.29, 1.82) is 0 Å². The predicted octanol–water partition coefficient (Wildman–Crippen LogP) is 5.93. The third-order valence-electron chi connectivity index (χ3n) is 10.1. The lowest BCUT2D eigenvalue weighted by atomic mass is 9.84. The van der Waals surface area contributed by atoms with Gasteiger partial charge in [-0.3, -0.25) is 23.6 Å². The molecule has 282 valence electrons. The number of carbonyl (C=O) groups is 2. The number of halogens is 1. The first-order valence-corrected chi connectivity index (χ1v) is 19.3. The maximum Gasteiger partial charge on any atom is 0.394 e. The number of amides is 2. The Bertz CT molecular complexity index is 1810. The molecule has 52 heavy (non-hydrogen) atoms. The van der Waals surface area contributed by atoms with Crippen molar-refractivity contribution < 1.29 is 36.6 Å². The summed E-state index contributed by atoms with van der Waals surface area (Å²) in [6.45, 7) is 7.34. The van der Waals surface area contributed by atoms with E-state index in [1.165, 1.54) is 12.8 Å². The van der Waals surface area contributed by atoms with Gasteiger partial charge in [0.05, 0.1) is 32.2 Å². The van der Waals surface area contributed by atoms with Crippen LogP contribution in [-0.4, -0.2) is 98.7 Å². The largest absolute Gasteiger partial charge is 0.493 e. The summed E-state index contributed by atoms with van der Waals surface area (Å²) >= 11 is 6.29. The Morgan fingerprint density at radius 1 is 0.923 bits per heavy atom. The van der Waals surface area contributed by atoms with E-state index >= 15 is 0 Å². The van der Waals surface area contributed by atoms with Crippen LogP contribution in [0.1, 0.15) is 62.3 Å². The summed E-state index contributed by atoms with van der Waals surface area (Å²) in [5.41, 5.74) is 4.90. The van der Waals surface area contributed by atoms with Crippen LogP contribution in [0, 0.1) is 5.92 Å². The van der Waals surface area contributed by atoms with Crippen LogP contribution in [0.5, 0.6) is 11.5 Å². The van der Waals surface area contributed by atoms with Crippen molar-refractivity contribution in [2.75, 3.05) is 57.2 Å². The number of rotatable bonds is 9. The van der Waals surface area contributed by atoms with Gasteiger partial charge in [0.1, 0.15) is 0 Å². The van der Waals surface area contributed by atoms with Gasteiger partial charge in [0.15, 0.2) is 11.5 Å². The second-order valence-electron chi connectivity index (χ2n) is 14.1. The molecule has 3 aromatic rings. The highest BCUT2D eigenvalue weighted by atomic mass is 35.5. The SMILES string of the molecule is COc1cc2c(cc1OC(C)C)[C@H](c1ccc(Cl)cc1)N(c1ccc(N(C)C[C@H]3CC[C@H](N4CCN(C)C(=O)C4)CC3)cc1)C(=O)C2.O=S(=O)(O)O. The van der Waals surface area contributed by atoms with Crippen LogP contribution in [0.25, 0.3) is 0 Å². The first-order chi connectivity index (χ1) is 24.6. The lowest BCUT2D eigenvalue weighted by Gasteiger charge is -2.41. The molecule has 1 atom stereocenters. The van der Waals surface area contributed by atoms with E-state index in [1.807, 2.05) is 67.1 Å². The van der Waals surface area contributed by atoms with Crippen LogP contribution in [0.3, 0.4) is 0 Å². The molecule has 2 fully saturated rings. The topological polar surface area (TPSA) is 140 Å². The van der Waals surface area contributed by atoms with Crippen LogP contribution in [0.15, 0.2) is 60.7 Å². The Morgan fingerprint density at radius 3 is 2.13 bits per heavy atom. The molecule has 0 spiro atoms. The van der Waals surface area contributed by atoms with Gasteiger partial charge >= 0.3 is 10.4 Å². The summed E-state index contributed by atoms with van der Waals surface area (Å²) in [5.74, 6) is 2.17. The quantitative estimate of drug-likeness (QED) is 0.253. The zero-order valence-electron chi connectivity index (χ0n) is 30.4. The highest BCUT2D eigenvalue weighted by molar-refractivity contribution is 7.79. The zero-order valence-corrected chi connectivity index (χ0v) is 31.9. The predicted molar refractivity (Wildman–Crippen MR) is 202 cm³/mol. The van der Waals surface area contributed by atoms with E-state index < -0.39 is 10.4 Å². The summed E-state index contributed by atoms with van der Waals surface area (Å²) in [6.07, 6.45) is 4.88. The van der Waals surface area contributed by atoms with Crippen LogP contribution < -0.4 is 19.3 Å². The van der Waals surface area contributed by atoms with Crippen molar-refractivity contribution in [3.63, 3.8) is 0 Å². The number of piperazine rings is 1. The lowest BCUT2D eigenvalue weighted by Crippen LogP contribution is -2.53. The second-order valence-corrected chi connectivity index (χ2v) is 15.4. The van der Waals surface area contributed by atoms with Gasteiger partial charge in [0.2, 0.25) is 11.8 Å². The van der Waals surface area contributed by atoms with Crippen molar-refractivity contribution in [3.8, 4) is 11.5 Å². The molecule has 6 rings (SSSR count). The molecule has 1 saturated carbocycles. The molecule has 2 N–H and O–H groups in total. The standard InChI is InChI=1S/C38H47ClN4O4.H2O4S/c1-25(2)47-35-22-33-28(20-34(35)46-5)21-36(44)43(38(33)27-8-10-29(39)11-9-27)32-16-14-30(15-17-32)41(4)23-26-6-12-31(13-7-26)42-19-18-40(3)37(45)24-42;1-5(2,3)4/h8-11,14-17,20,22,25-26,31,38H,6-7,12-13,18-19,21,23-24H2,1-5H3;(H2,1,2,3,4)/t26-,31-,38-;/m0./s1. The number of ether oxygens (including phenoxy) is 2. The molecular formula is C38H49ClN4O8S. The Morgan fingerprint density at radius 2 is 1.56 bits per heavy atom. The molecule has 2 amide bonds. The summed E-state index contributed by atoms with van der Waals surface area (Å²) in [5, 5.41) is 0.650. The minimum Gasteiger partial charge on any atom is -0.493 e. The van der Waals surface area contributed by atoms with Crippen LogP contribution >= 0.6 is 11.6 Å². The minimum atomic E-state index is -4.67. The zero-order chi connectivity index (χ0) is 37.7. The molecule has 2 heterocycles. The molecule has 14 heteroatoms. The normalized spacial score (nSPS) is 21.0. The van der Waals surface area contributed by atoms with Gasteiger partial charge in [-0.05, 0) is 111 Å². The maximum absolute atomic E-state index is 13.9. The van der Waals surface area contributed by atoms with E-state index in [0.717, 1.165) is 60.5 Å². The molecule has 1 aliphatic carbocycles.